The minimum absolute atomic E-state index is 0.0176. The van der Waals surface area contributed by atoms with E-state index in [1.54, 1.807) is 46.8 Å². The van der Waals surface area contributed by atoms with Gasteiger partial charge in [0.2, 0.25) is 11.8 Å². The van der Waals surface area contributed by atoms with Crippen molar-refractivity contribution in [2.45, 2.75) is 135 Å². The molecule has 3 aliphatic heterocycles. The first kappa shape index (κ1) is 38.8. The first-order chi connectivity index (χ1) is 24.8. The zero-order chi connectivity index (χ0) is 38.5. The molecule has 12 nitrogen and oxygen atoms in total. The van der Waals surface area contributed by atoms with Gasteiger partial charge in [-0.05, 0) is 82.7 Å². The smallest absolute Gasteiger partial charge is 0.410 e. The van der Waals surface area contributed by atoms with E-state index in [2.05, 4.69) is 15.9 Å². The summed E-state index contributed by atoms with van der Waals surface area (Å²) in [6.45, 7) is 8.67. The predicted octanol–water partition coefficient (Wildman–Crippen LogP) is 5.17. The Bertz CT molecular complexity index is 1800. The maximum Gasteiger partial charge on any atom is 0.410 e. The molecule has 290 valence electrons. The summed E-state index contributed by atoms with van der Waals surface area (Å²) in [4.78, 5) is 72.8. The average Bonchev–Trinajstić information content (AvgIpc) is 3.96. The number of benzene rings is 1. The number of halogens is 1. The number of amides is 4. The third-order valence-electron chi connectivity index (χ3n) is 11.3. The molecule has 3 fully saturated rings. The molecule has 6 rings (SSSR count). The number of nitrogens with zero attached hydrogens (tertiary/aromatic N) is 2. The van der Waals surface area contributed by atoms with Gasteiger partial charge in [0.1, 0.15) is 23.6 Å². The van der Waals surface area contributed by atoms with E-state index < -0.39 is 79.9 Å². The van der Waals surface area contributed by atoms with Gasteiger partial charge < -0.3 is 19.7 Å². The third kappa shape index (κ3) is 8.27. The van der Waals surface area contributed by atoms with Gasteiger partial charge in [-0.3, -0.25) is 24.0 Å². The van der Waals surface area contributed by atoms with Crippen LogP contribution in [-0.2, 0) is 46.7 Å². The molecule has 6 atom stereocenters. The van der Waals surface area contributed by atoms with Gasteiger partial charge in [-0.2, -0.15) is 0 Å². The summed E-state index contributed by atoms with van der Waals surface area (Å²) >= 11 is 0. The van der Waals surface area contributed by atoms with Crippen molar-refractivity contribution in [3.63, 3.8) is 0 Å². The fourth-order valence-corrected chi connectivity index (χ4v) is 9.66. The lowest BCUT2D eigenvalue weighted by Crippen LogP contribution is -2.55. The van der Waals surface area contributed by atoms with Gasteiger partial charge >= 0.3 is 12.2 Å². The van der Waals surface area contributed by atoms with Gasteiger partial charge in [-0.25, -0.2) is 18.2 Å². The van der Waals surface area contributed by atoms with E-state index in [4.69, 9.17) is 9.47 Å². The molecule has 0 radical (unpaired) electrons. The molecular formula is C39H53FN4O8S. The van der Waals surface area contributed by atoms with Crippen LogP contribution in [0.4, 0.5) is 14.0 Å². The van der Waals surface area contributed by atoms with Crippen molar-refractivity contribution in [2.75, 3.05) is 6.54 Å². The number of allylic oxidation sites excluding steroid dienone is 2. The molecule has 1 aromatic rings. The van der Waals surface area contributed by atoms with Gasteiger partial charge in [-0.15, -0.1) is 0 Å². The van der Waals surface area contributed by atoms with E-state index in [1.165, 1.54) is 15.9 Å². The molecule has 2 aliphatic carbocycles. The standard InChI is InChI=1S/C39H53FN4O8S/c1-37(2,3)52-35(48)41-29-16-11-9-7-8-10-14-25-19-39(25,34(47)42-53(6,50)26-17-18-26)20-30(45)32-38(4,5)31(23-44(32)33(29)46)51-36(49)43-21-24-13-12-15-28(40)27(24)22-43/h10,12-15,25-26,29,31-32H,6-9,11,16-23H2,1-5H3,(H,41,48)(H,42,47,50)/b14-10-/t25-,29+,31+,32-,39-,53?/m1/s1. The molecule has 2 N–H and O–H groups in total. The summed E-state index contributed by atoms with van der Waals surface area (Å²) < 4.78 is 42.1. The molecule has 1 saturated heterocycles. The number of Topliss-reactive ketones (excluding diaryl/α,β-unsaturated/α-hetero) is 1. The Morgan fingerprint density at radius 3 is 2.47 bits per heavy atom. The van der Waals surface area contributed by atoms with Crippen LogP contribution in [0, 0.1) is 22.6 Å². The molecule has 5 aliphatic rings. The van der Waals surface area contributed by atoms with Crippen molar-refractivity contribution in [3.05, 3.63) is 47.3 Å². The highest BCUT2D eigenvalue weighted by atomic mass is 32.2. The van der Waals surface area contributed by atoms with E-state index in [1.807, 2.05) is 12.2 Å². The van der Waals surface area contributed by atoms with Crippen LogP contribution in [0.5, 0.6) is 0 Å². The van der Waals surface area contributed by atoms with E-state index in [-0.39, 0.29) is 43.6 Å². The fraction of sp³-hybridized carbons (Fsp3) is 0.641. The van der Waals surface area contributed by atoms with Crippen LogP contribution in [0.1, 0.15) is 104 Å². The number of nitrogens with one attached hydrogen (secondary N) is 2. The SMILES string of the molecule is C=S(=O)(NC(=O)[C@]12CC(=O)[C@H]3N(C[C@H](OC(=O)N4Cc5cccc(F)c5C4)C3(C)C)C(=O)[C@@H](NC(=O)OC(C)(C)C)CCCCC/C=C\[C@@H]1C2)C1CC1. The number of rotatable bonds is 5. The van der Waals surface area contributed by atoms with Crippen molar-refractivity contribution in [3.8, 4) is 0 Å². The van der Waals surface area contributed by atoms with E-state index in [0.717, 1.165) is 19.3 Å². The Hall–Kier alpha value is -3.94. The van der Waals surface area contributed by atoms with Crippen molar-refractivity contribution in [2.24, 2.45) is 16.7 Å². The first-order valence-corrected chi connectivity index (χ1v) is 20.5. The molecule has 1 unspecified atom stereocenters. The maximum absolute atomic E-state index is 14.8. The van der Waals surface area contributed by atoms with Crippen molar-refractivity contribution >= 4 is 45.4 Å². The Labute approximate surface area is 311 Å². The molecule has 0 aromatic heterocycles. The number of carbonyl (C=O) groups excluding carboxylic acids is 5. The minimum Gasteiger partial charge on any atom is -0.444 e. The van der Waals surface area contributed by atoms with Crippen LogP contribution in [0.2, 0.25) is 0 Å². The Morgan fingerprint density at radius 2 is 1.79 bits per heavy atom. The zero-order valence-corrected chi connectivity index (χ0v) is 32.2. The Morgan fingerprint density at radius 1 is 1.06 bits per heavy atom. The number of hydrogen-bond donors (Lipinski definition) is 2. The molecule has 14 heteroatoms. The molecule has 0 bridgehead atoms. The Balaban J connectivity index is 1.31. The van der Waals surface area contributed by atoms with Gasteiger partial charge in [0.15, 0.2) is 5.78 Å². The van der Waals surface area contributed by atoms with Gasteiger partial charge in [0, 0.05) is 29.2 Å². The van der Waals surface area contributed by atoms with Crippen molar-refractivity contribution < 1.29 is 42.0 Å². The zero-order valence-electron chi connectivity index (χ0n) is 31.4. The monoisotopic (exact) mass is 756 g/mol. The molecule has 3 heterocycles. The summed E-state index contributed by atoms with van der Waals surface area (Å²) in [5, 5.41) is 2.55. The largest absolute Gasteiger partial charge is 0.444 e. The molecule has 2 saturated carbocycles. The lowest BCUT2D eigenvalue weighted by Gasteiger charge is -2.35. The highest BCUT2D eigenvalue weighted by Gasteiger charge is 2.63. The molecule has 0 spiro atoms. The van der Waals surface area contributed by atoms with E-state index >= 15 is 0 Å². The Kier molecular flexibility index (Phi) is 10.5. The number of carbonyl (C=O) groups is 5. The van der Waals surface area contributed by atoms with Crippen LogP contribution in [0.3, 0.4) is 0 Å². The van der Waals surface area contributed by atoms with Crippen molar-refractivity contribution in [1.29, 1.82) is 0 Å². The molecular weight excluding hydrogens is 704 g/mol. The number of fused-ring (bicyclic) bond motifs is 3. The summed E-state index contributed by atoms with van der Waals surface area (Å²) in [7, 11) is -2.90. The van der Waals surface area contributed by atoms with Crippen molar-refractivity contribution in [1.82, 2.24) is 19.8 Å². The van der Waals surface area contributed by atoms with Crippen LogP contribution in [-0.4, -0.2) is 85.2 Å². The summed E-state index contributed by atoms with van der Waals surface area (Å²) in [6, 6.07) is 2.49. The number of ether oxygens (including phenoxy) is 2. The van der Waals surface area contributed by atoms with Gasteiger partial charge in [0.25, 0.3) is 0 Å². The lowest BCUT2D eigenvalue weighted by atomic mass is 9.77. The molecule has 1 aromatic carbocycles. The second kappa shape index (κ2) is 14.4. The number of alkyl carbamates (subject to hydrolysis) is 1. The highest BCUT2D eigenvalue weighted by molar-refractivity contribution is 7.99. The fourth-order valence-electron chi connectivity index (χ4n) is 8.08. The molecule has 53 heavy (non-hydrogen) atoms. The quantitative estimate of drug-likeness (QED) is 0.309. The van der Waals surface area contributed by atoms with Crippen LogP contribution < -0.4 is 10.0 Å². The third-order valence-corrected chi connectivity index (χ3v) is 13.4. The number of hydrogen-bond acceptors (Lipinski definition) is 8. The number of ketones is 1. The lowest BCUT2D eigenvalue weighted by molar-refractivity contribution is -0.142. The van der Waals surface area contributed by atoms with Crippen LogP contribution in [0.25, 0.3) is 0 Å². The maximum atomic E-state index is 14.8. The minimum atomic E-state index is -2.90. The second-order valence-electron chi connectivity index (χ2n) is 17.1. The molecule has 4 amide bonds. The van der Waals surface area contributed by atoms with E-state index in [9.17, 15) is 32.6 Å². The normalized spacial score (nSPS) is 30.4. The summed E-state index contributed by atoms with van der Waals surface area (Å²) in [5.41, 5.74) is -2.06. The van der Waals surface area contributed by atoms with Gasteiger partial charge in [0.05, 0.1) is 34.3 Å². The second-order valence-corrected chi connectivity index (χ2v) is 19.4. The first-order valence-electron chi connectivity index (χ1n) is 18.7. The highest BCUT2D eigenvalue weighted by Crippen LogP contribution is 2.58. The average molecular weight is 757 g/mol. The topological polar surface area (TPSA) is 151 Å². The van der Waals surface area contributed by atoms with E-state index in [0.29, 0.717) is 36.8 Å². The van der Waals surface area contributed by atoms with Crippen LogP contribution >= 0.6 is 0 Å². The predicted molar refractivity (Wildman–Crippen MR) is 197 cm³/mol. The summed E-state index contributed by atoms with van der Waals surface area (Å²) in [6.07, 6.45) is 6.28. The summed E-state index contributed by atoms with van der Waals surface area (Å²) in [5.74, 6) is 1.72. The van der Waals surface area contributed by atoms with Crippen LogP contribution in [0.15, 0.2) is 30.4 Å². The van der Waals surface area contributed by atoms with Gasteiger partial charge in [-0.1, -0.05) is 51.0 Å².